The molecule has 3 saturated heterocycles. The summed E-state index contributed by atoms with van der Waals surface area (Å²) in [6.07, 6.45) is 8.01. The maximum absolute atomic E-state index is 6.30. The number of fused-ring (bicyclic) bond motifs is 10. The molecule has 0 aliphatic carbocycles. The van der Waals surface area contributed by atoms with E-state index in [4.69, 9.17) is 47.6 Å². The summed E-state index contributed by atoms with van der Waals surface area (Å²) in [5.41, 5.74) is 17.1. The molecule has 3 aromatic heterocycles. The van der Waals surface area contributed by atoms with E-state index in [0.717, 1.165) is 221 Å². The Labute approximate surface area is 800 Å². The molecule has 17 nitrogen and oxygen atoms in total. The second kappa shape index (κ2) is 47.1. The SMILES string of the molecule is C.C.C.COc1ccc2nc3cc(Cl)ccc3c(NCCCN3CCN(CCCN(c4ccccc4)c4ccccc4)CC3)c2c1.COc1ccc2nc3cc(Cl)ccc3c(NCCCN3CCN(CCCN4c5ccccc5Sc5ccccc54)CC3)c2c1.c1ccc2c(c1)Sc1ccccc1N2CCCN1CCN(CCCCNc2c3ccccc3nc3ccccc23)CC1. The molecule has 0 spiro atoms. The average Bonchev–Trinajstić information content (AvgIpc) is 0.772. The molecule has 0 amide bonds. The van der Waals surface area contributed by atoms with Gasteiger partial charge < -0.3 is 69.5 Å². The third-order valence-electron chi connectivity index (χ3n) is 25.7. The number of methoxy groups -OCH3 is 2. The summed E-state index contributed by atoms with van der Waals surface area (Å²) >= 11 is 16.4. The number of para-hydroxylation sites is 8. The molecule has 20 rings (SSSR count). The first-order valence-corrected chi connectivity index (χ1v) is 48.7. The van der Waals surface area contributed by atoms with E-state index >= 15 is 0 Å². The molecule has 8 heterocycles. The predicted molar refractivity (Wildman–Crippen MR) is 565 cm³/mol. The maximum Gasteiger partial charge on any atom is 0.119 e. The molecule has 0 atom stereocenters. The molecule has 3 N–H and O–H groups in total. The van der Waals surface area contributed by atoms with E-state index in [9.17, 15) is 0 Å². The lowest BCUT2D eigenvalue weighted by Crippen LogP contribution is -2.47. The zero-order valence-corrected chi connectivity index (χ0v) is 77.4. The van der Waals surface area contributed by atoms with E-state index in [1.165, 1.54) is 129 Å². The predicted octanol–water partition coefficient (Wildman–Crippen LogP) is 25.7. The van der Waals surface area contributed by atoms with Crippen LogP contribution in [0, 0.1) is 0 Å². The molecular weight excluding hydrogens is 1710 g/mol. The van der Waals surface area contributed by atoms with Gasteiger partial charge in [0.2, 0.25) is 0 Å². The van der Waals surface area contributed by atoms with Gasteiger partial charge in [0.25, 0.3) is 0 Å². The van der Waals surface area contributed by atoms with Gasteiger partial charge in [0.05, 0.1) is 87.1 Å². The first kappa shape index (κ1) is 95.7. The third kappa shape index (κ3) is 23.6. The van der Waals surface area contributed by atoms with Crippen molar-refractivity contribution in [2.45, 2.75) is 86.8 Å². The van der Waals surface area contributed by atoms with Crippen molar-refractivity contribution in [1.29, 1.82) is 0 Å². The first-order valence-electron chi connectivity index (χ1n) is 46.3. The highest BCUT2D eigenvalue weighted by atomic mass is 35.5. The molecule has 0 unspecified atom stereocenters. The normalized spacial score (nSPS) is 14.7. The molecule has 15 aromatic rings. The summed E-state index contributed by atoms with van der Waals surface area (Å²) in [4.78, 5) is 43.3. The highest BCUT2D eigenvalue weighted by molar-refractivity contribution is 8.00. The van der Waals surface area contributed by atoms with Gasteiger partial charge in [-0.2, -0.15) is 0 Å². The fourth-order valence-electron chi connectivity index (χ4n) is 18.9. The lowest BCUT2D eigenvalue weighted by molar-refractivity contribution is 0.130. The number of anilines is 9. The number of piperazine rings is 3. The molecule has 5 aliphatic rings. The molecule has 686 valence electrons. The summed E-state index contributed by atoms with van der Waals surface area (Å²) < 4.78 is 11.0. The van der Waals surface area contributed by atoms with Crippen LogP contribution in [0.1, 0.15) is 67.2 Å². The number of pyridine rings is 3. The smallest absolute Gasteiger partial charge is 0.119 e. The number of halogens is 2. The standard InChI is InChI=1S/C36H38ClN5OS.C36H40ClN5O.C36H39N5S.3CH4/c1-43-27-13-15-30-29(25-27)36(28-14-12-26(37)24-31(28)39-30)38-16-6-17-40-20-22-41(23-21-40)18-7-19-42-32-8-2-4-10-34(32)44-35-11-5-3-9-33(35)42;1-43-31-15-17-34-33(27-31)36(32-16-14-28(37)26-35(32)39-34)38-18-8-19-40-22-24-41(25-23-40)20-9-21-42(29-10-4-2-5-11-29)30-12-6-3-7-13-30;1-3-14-30-28(12-1)36(29-13-2-4-15-31(29)38-30)37-20-9-10-21-39-24-26-40(27-25-39)22-11-23-41-32-16-5-7-18-34(32)42-35-19-8-6-17-33(35)41;;;/h2-5,8-15,24-25H,6-7,16-23H2,1H3,(H,38,39);2-7,10-17,26-27H,8-9,18-25H2,1H3,(H,38,39);1-8,12-19H,9-11,20-27H2,(H,37,38);3*1H4. The van der Waals surface area contributed by atoms with Gasteiger partial charge in [-0.3, -0.25) is 0 Å². The van der Waals surface area contributed by atoms with Gasteiger partial charge >= 0.3 is 0 Å². The number of hydrogen-bond acceptors (Lipinski definition) is 19. The van der Waals surface area contributed by atoms with Crippen molar-refractivity contribution in [2.24, 2.45) is 0 Å². The van der Waals surface area contributed by atoms with E-state index < -0.39 is 0 Å². The Hall–Kier alpha value is -10.9. The summed E-state index contributed by atoms with van der Waals surface area (Å²) in [6, 6.07) is 97.6. The van der Waals surface area contributed by atoms with Crippen molar-refractivity contribution in [2.75, 3.05) is 202 Å². The lowest BCUT2D eigenvalue weighted by atomic mass is 10.1. The van der Waals surface area contributed by atoms with Crippen LogP contribution in [0.3, 0.4) is 0 Å². The summed E-state index contributed by atoms with van der Waals surface area (Å²) in [5.74, 6) is 1.66. The van der Waals surface area contributed by atoms with Crippen LogP contribution in [0.4, 0.5) is 51.2 Å². The summed E-state index contributed by atoms with van der Waals surface area (Å²) in [5, 5.41) is 19.4. The largest absolute Gasteiger partial charge is 0.497 e. The van der Waals surface area contributed by atoms with Crippen LogP contribution in [0.2, 0.25) is 10.0 Å². The minimum Gasteiger partial charge on any atom is -0.497 e. The number of hydrogen-bond donors (Lipinski definition) is 3. The van der Waals surface area contributed by atoms with Gasteiger partial charge in [-0.05, 0) is 242 Å². The first-order chi connectivity index (χ1) is 63.7. The van der Waals surface area contributed by atoms with Crippen molar-refractivity contribution < 1.29 is 9.47 Å². The second-order valence-electron chi connectivity index (χ2n) is 34.1. The van der Waals surface area contributed by atoms with E-state index in [0.29, 0.717) is 10.0 Å². The van der Waals surface area contributed by atoms with Gasteiger partial charge in [0.1, 0.15) is 11.5 Å². The number of unbranched alkanes of at least 4 members (excludes halogenated alkanes) is 1. The highest BCUT2D eigenvalue weighted by Crippen LogP contribution is 2.50. The van der Waals surface area contributed by atoms with Gasteiger partial charge in [-0.25, -0.2) is 15.0 Å². The number of ether oxygens (including phenoxy) is 2. The van der Waals surface area contributed by atoms with Gasteiger partial charge in [-0.15, -0.1) is 0 Å². The van der Waals surface area contributed by atoms with Crippen molar-refractivity contribution in [3.05, 3.63) is 289 Å². The molecule has 21 heteroatoms. The Balaban J connectivity index is 0.000000150. The Morgan fingerprint density at radius 1 is 0.288 bits per heavy atom. The van der Waals surface area contributed by atoms with E-state index in [2.05, 4.69) is 291 Å². The van der Waals surface area contributed by atoms with E-state index in [-0.39, 0.29) is 22.3 Å². The molecule has 0 saturated carbocycles. The number of aromatic nitrogens is 3. The average molecular weight is 1840 g/mol. The van der Waals surface area contributed by atoms with Crippen LogP contribution >= 0.6 is 46.7 Å². The van der Waals surface area contributed by atoms with Gasteiger partial charge in [0, 0.05) is 191 Å². The Morgan fingerprint density at radius 3 is 0.977 bits per heavy atom. The monoisotopic (exact) mass is 1840 g/mol. The fraction of sp³-hybridized carbons (Fsp3) is 0.324. The summed E-state index contributed by atoms with van der Waals surface area (Å²) in [6.45, 7) is 26.4. The zero-order valence-electron chi connectivity index (χ0n) is 74.2. The number of nitrogens with one attached hydrogen (secondary N) is 3. The Bertz CT molecular complexity index is 6070. The van der Waals surface area contributed by atoms with Crippen LogP contribution in [0.25, 0.3) is 65.4 Å². The zero-order chi connectivity index (χ0) is 87.5. The topological polar surface area (TPSA) is 122 Å². The minimum atomic E-state index is 0. The van der Waals surface area contributed by atoms with E-state index in [1.54, 1.807) is 14.2 Å². The molecule has 132 heavy (non-hydrogen) atoms. The summed E-state index contributed by atoms with van der Waals surface area (Å²) in [7, 11) is 3.40. The molecular formula is C111H129Cl2N15O2S2. The van der Waals surface area contributed by atoms with Crippen LogP contribution in [0.15, 0.2) is 299 Å². The molecule has 3 fully saturated rings. The van der Waals surface area contributed by atoms with Gasteiger partial charge in [-0.1, -0.05) is 190 Å². The number of benzene rings is 12. The second-order valence-corrected chi connectivity index (χ2v) is 37.1. The third-order valence-corrected chi connectivity index (χ3v) is 28.5. The molecule has 0 bridgehead atoms. The Kier molecular flexibility index (Phi) is 34.2. The van der Waals surface area contributed by atoms with Crippen molar-refractivity contribution in [3.63, 3.8) is 0 Å². The molecule has 12 aromatic carbocycles. The van der Waals surface area contributed by atoms with Crippen LogP contribution < -0.4 is 40.1 Å². The fourth-order valence-corrected chi connectivity index (χ4v) is 21.4. The van der Waals surface area contributed by atoms with Crippen molar-refractivity contribution in [1.82, 2.24) is 44.4 Å². The van der Waals surface area contributed by atoms with Crippen molar-refractivity contribution in [3.8, 4) is 11.5 Å². The minimum absolute atomic E-state index is 0. The number of nitrogens with zero attached hydrogens (tertiary/aromatic N) is 12. The maximum atomic E-state index is 6.30. The number of rotatable bonds is 32. The molecule has 0 radical (unpaired) electrons. The quantitative estimate of drug-likeness (QED) is 0.0273. The lowest BCUT2D eigenvalue weighted by Gasteiger charge is -2.36. The van der Waals surface area contributed by atoms with Gasteiger partial charge in [0.15, 0.2) is 0 Å². The van der Waals surface area contributed by atoms with E-state index in [1.807, 2.05) is 72.1 Å². The molecule has 5 aliphatic heterocycles. The highest BCUT2D eigenvalue weighted by Gasteiger charge is 2.28. The van der Waals surface area contributed by atoms with Crippen molar-refractivity contribution >= 4 is 163 Å². The van der Waals surface area contributed by atoms with Crippen LogP contribution in [-0.2, 0) is 0 Å². The van der Waals surface area contributed by atoms with Crippen LogP contribution in [0.5, 0.6) is 11.5 Å². The Morgan fingerprint density at radius 2 is 0.591 bits per heavy atom. The van der Waals surface area contributed by atoms with Crippen LogP contribution in [-0.4, -0.2) is 216 Å².